The molecule has 6 nitrogen and oxygen atoms in total. The van der Waals surface area contributed by atoms with Crippen LogP contribution in [0.15, 0.2) is 48.7 Å². The van der Waals surface area contributed by atoms with Gasteiger partial charge in [-0.15, -0.1) is 0 Å². The van der Waals surface area contributed by atoms with E-state index in [2.05, 4.69) is 10.4 Å². The molecule has 0 atom stereocenters. The lowest BCUT2D eigenvalue weighted by molar-refractivity contribution is 0.102. The van der Waals surface area contributed by atoms with Crippen LogP contribution in [0.2, 0.25) is 0 Å². The topological polar surface area (TPSA) is 65.4 Å². The van der Waals surface area contributed by atoms with Crippen LogP contribution in [0, 0.1) is 5.82 Å². The van der Waals surface area contributed by atoms with Crippen molar-refractivity contribution in [1.82, 2.24) is 9.78 Å². The van der Waals surface area contributed by atoms with Gasteiger partial charge >= 0.3 is 0 Å². The van der Waals surface area contributed by atoms with E-state index in [-0.39, 0.29) is 5.91 Å². The first-order valence-electron chi connectivity index (χ1n) is 8.61. The Hall–Kier alpha value is -3.35. The fourth-order valence-electron chi connectivity index (χ4n) is 2.94. The minimum absolute atomic E-state index is 0.365. The van der Waals surface area contributed by atoms with Crippen LogP contribution in [0.3, 0.4) is 0 Å². The monoisotopic (exact) mass is 367 g/mol. The van der Waals surface area contributed by atoms with E-state index < -0.39 is 5.82 Å². The van der Waals surface area contributed by atoms with Gasteiger partial charge in [0.1, 0.15) is 11.5 Å². The molecule has 27 heavy (non-hydrogen) atoms. The van der Waals surface area contributed by atoms with Crippen molar-refractivity contribution in [2.24, 2.45) is 7.05 Å². The third kappa shape index (κ3) is 3.62. The van der Waals surface area contributed by atoms with E-state index in [9.17, 15) is 9.18 Å². The van der Waals surface area contributed by atoms with Gasteiger partial charge in [-0.05, 0) is 36.4 Å². The first kappa shape index (κ1) is 17.1. The fourth-order valence-corrected chi connectivity index (χ4v) is 2.94. The molecule has 1 N–H and O–H groups in total. The maximum absolute atomic E-state index is 13.4. The molecule has 0 saturated carbocycles. The fraction of sp³-hybridized carbons (Fsp3) is 0.200. The number of aromatic nitrogens is 2. The number of carbonyl (C=O) groups excluding carboxylic acids is 1. The normalized spacial score (nSPS) is 13.1. The van der Waals surface area contributed by atoms with Crippen LogP contribution >= 0.6 is 0 Å². The van der Waals surface area contributed by atoms with E-state index in [1.807, 2.05) is 18.2 Å². The molecule has 0 bridgehead atoms. The van der Waals surface area contributed by atoms with Gasteiger partial charge in [-0.1, -0.05) is 6.07 Å². The van der Waals surface area contributed by atoms with Gasteiger partial charge < -0.3 is 14.8 Å². The number of anilines is 1. The quantitative estimate of drug-likeness (QED) is 0.768. The van der Waals surface area contributed by atoms with Crippen molar-refractivity contribution in [1.29, 1.82) is 0 Å². The van der Waals surface area contributed by atoms with Crippen LogP contribution in [0.5, 0.6) is 11.5 Å². The van der Waals surface area contributed by atoms with Crippen molar-refractivity contribution in [2.45, 2.75) is 6.42 Å². The summed E-state index contributed by atoms with van der Waals surface area (Å²) in [7, 11) is 1.74. The Morgan fingerprint density at radius 1 is 1.15 bits per heavy atom. The summed E-state index contributed by atoms with van der Waals surface area (Å²) in [6.45, 7) is 1.18. The Labute approximate surface area is 155 Å². The Kier molecular flexibility index (Phi) is 4.50. The number of hydrogen-bond acceptors (Lipinski definition) is 4. The summed E-state index contributed by atoms with van der Waals surface area (Å²) in [4.78, 5) is 12.7. The summed E-state index contributed by atoms with van der Waals surface area (Å²) >= 11 is 0. The first-order chi connectivity index (χ1) is 13.1. The second kappa shape index (κ2) is 7.11. The molecule has 0 spiro atoms. The standard InChI is InChI=1S/C20H18FN3O3/c1-24-12-16(20(25)22-15-5-2-4-14(21)11-15)19(23-24)13-6-7-17-18(10-13)27-9-3-8-26-17/h2,4-7,10-12H,3,8-9H2,1H3,(H,22,25). The van der Waals surface area contributed by atoms with Crippen molar-refractivity contribution >= 4 is 11.6 Å². The third-order valence-corrected chi connectivity index (χ3v) is 4.18. The number of ether oxygens (including phenoxy) is 2. The molecule has 1 aliphatic rings. The molecular formula is C20H18FN3O3. The largest absolute Gasteiger partial charge is 0.490 e. The number of nitrogens with one attached hydrogen (secondary N) is 1. The number of amides is 1. The molecule has 7 heteroatoms. The van der Waals surface area contributed by atoms with Crippen molar-refractivity contribution in [3.63, 3.8) is 0 Å². The highest BCUT2D eigenvalue weighted by molar-refractivity contribution is 6.08. The number of rotatable bonds is 3. The van der Waals surface area contributed by atoms with E-state index in [1.54, 1.807) is 30.1 Å². The minimum Gasteiger partial charge on any atom is -0.490 e. The molecule has 0 fully saturated rings. The van der Waals surface area contributed by atoms with Gasteiger partial charge in [-0.25, -0.2) is 4.39 Å². The van der Waals surface area contributed by atoms with Crippen molar-refractivity contribution in [2.75, 3.05) is 18.5 Å². The molecule has 0 radical (unpaired) electrons. The number of hydrogen-bond donors (Lipinski definition) is 1. The van der Waals surface area contributed by atoms with Crippen molar-refractivity contribution in [3.8, 4) is 22.8 Å². The molecule has 1 aromatic heterocycles. The summed E-state index contributed by atoms with van der Waals surface area (Å²) in [5, 5.41) is 7.13. The zero-order chi connectivity index (χ0) is 18.8. The van der Waals surface area contributed by atoms with Gasteiger partial charge in [0.05, 0.1) is 18.8 Å². The van der Waals surface area contributed by atoms with Crippen molar-refractivity contribution < 1.29 is 18.7 Å². The summed E-state index contributed by atoms with van der Waals surface area (Å²) in [6, 6.07) is 11.2. The zero-order valence-corrected chi connectivity index (χ0v) is 14.7. The summed E-state index contributed by atoms with van der Waals surface area (Å²) < 4.78 is 26.3. The van der Waals surface area contributed by atoms with Gasteiger partial charge in [-0.2, -0.15) is 5.10 Å². The minimum atomic E-state index is -0.415. The lowest BCUT2D eigenvalue weighted by atomic mass is 10.1. The number of benzene rings is 2. The van der Waals surface area contributed by atoms with E-state index in [0.29, 0.717) is 41.7 Å². The van der Waals surface area contributed by atoms with Gasteiger partial charge in [0, 0.05) is 30.9 Å². The lowest BCUT2D eigenvalue weighted by Gasteiger charge is -2.09. The third-order valence-electron chi connectivity index (χ3n) is 4.18. The molecular weight excluding hydrogens is 349 g/mol. The number of halogens is 1. The molecule has 3 aromatic rings. The Morgan fingerprint density at radius 3 is 2.78 bits per heavy atom. The number of nitrogens with zero attached hydrogens (tertiary/aromatic N) is 2. The zero-order valence-electron chi connectivity index (χ0n) is 14.7. The molecule has 4 rings (SSSR count). The molecule has 138 valence electrons. The SMILES string of the molecule is Cn1cc(C(=O)Nc2cccc(F)c2)c(-c2ccc3c(c2)OCCCO3)n1. The molecule has 1 amide bonds. The summed E-state index contributed by atoms with van der Waals surface area (Å²) in [6.07, 6.45) is 2.45. The maximum Gasteiger partial charge on any atom is 0.259 e. The van der Waals surface area contributed by atoms with Crippen LogP contribution in [-0.4, -0.2) is 28.9 Å². The molecule has 0 saturated heterocycles. The molecule has 0 aliphatic carbocycles. The maximum atomic E-state index is 13.4. The van der Waals surface area contributed by atoms with Crippen LogP contribution in [-0.2, 0) is 7.05 Å². The van der Waals surface area contributed by atoms with Gasteiger partial charge in [0.15, 0.2) is 11.5 Å². The summed E-state index contributed by atoms with van der Waals surface area (Å²) in [5.74, 6) is 0.531. The Bertz CT molecular complexity index is 1000. The van der Waals surface area contributed by atoms with Crippen LogP contribution in [0.4, 0.5) is 10.1 Å². The molecule has 2 aromatic carbocycles. The van der Waals surface area contributed by atoms with Gasteiger partial charge in [0.25, 0.3) is 5.91 Å². The van der Waals surface area contributed by atoms with Crippen LogP contribution in [0.1, 0.15) is 16.8 Å². The lowest BCUT2D eigenvalue weighted by Crippen LogP contribution is -2.12. The Morgan fingerprint density at radius 2 is 1.96 bits per heavy atom. The van der Waals surface area contributed by atoms with Crippen LogP contribution in [0.25, 0.3) is 11.3 Å². The summed E-state index contributed by atoms with van der Waals surface area (Å²) in [5.41, 5.74) is 2.02. The smallest absolute Gasteiger partial charge is 0.259 e. The first-order valence-corrected chi connectivity index (χ1v) is 8.61. The number of carbonyl (C=O) groups is 1. The highest BCUT2D eigenvalue weighted by atomic mass is 19.1. The second-order valence-electron chi connectivity index (χ2n) is 6.24. The van der Waals surface area contributed by atoms with E-state index in [1.165, 1.54) is 12.1 Å². The highest BCUT2D eigenvalue weighted by Crippen LogP contribution is 2.35. The molecule has 2 heterocycles. The van der Waals surface area contributed by atoms with Crippen molar-refractivity contribution in [3.05, 3.63) is 60.0 Å². The number of fused-ring (bicyclic) bond motifs is 1. The molecule has 0 unspecified atom stereocenters. The second-order valence-corrected chi connectivity index (χ2v) is 6.24. The van der Waals surface area contributed by atoms with Crippen LogP contribution < -0.4 is 14.8 Å². The predicted molar refractivity (Wildman–Crippen MR) is 98.6 cm³/mol. The highest BCUT2D eigenvalue weighted by Gasteiger charge is 2.20. The Balaban J connectivity index is 1.67. The predicted octanol–water partition coefficient (Wildman–Crippen LogP) is 3.64. The molecule has 1 aliphatic heterocycles. The van der Waals surface area contributed by atoms with E-state index >= 15 is 0 Å². The van der Waals surface area contributed by atoms with Gasteiger partial charge in [-0.3, -0.25) is 9.48 Å². The average Bonchev–Trinajstić information content (AvgIpc) is 2.89. The van der Waals surface area contributed by atoms with E-state index in [4.69, 9.17) is 9.47 Å². The number of aryl methyl sites for hydroxylation is 1. The van der Waals surface area contributed by atoms with E-state index in [0.717, 1.165) is 12.0 Å². The van der Waals surface area contributed by atoms with Gasteiger partial charge in [0.2, 0.25) is 0 Å². The average molecular weight is 367 g/mol.